The summed E-state index contributed by atoms with van der Waals surface area (Å²) in [6, 6.07) is 10.7. The molecule has 0 aromatic heterocycles. The predicted molar refractivity (Wildman–Crippen MR) is 125 cm³/mol. The molecule has 2 aromatic rings. The highest BCUT2D eigenvalue weighted by Crippen LogP contribution is 2.30. The van der Waals surface area contributed by atoms with Gasteiger partial charge in [-0.1, -0.05) is 37.0 Å². The van der Waals surface area contributed by atoms with Crippen LogP contribution in [0.3, 0.4) is 0 Å². The Hall–Kier alpha value is -2.44. The molecule has 0 aliphatic carbocycles. The Morgan fingerprint density at radius 1 is 1.03 bits per heavy atom. The molecule has 2 aromatic carbocycles. The van der Waals surface area contributed by atoms with Crippen LogP contribution in [0.4, 0.5) is 11.4 Å². The number of piperazine rings is 1. The molecule has 2 amide bonds. The number of hydrogen-bond donors (Lipinski definition) is 1. The van der Waals surface area contributed by atoms with Gasteiger partial charge in [0.1, 0.15) is 5.75 Å². The first kappa shape index (κ1) is 23.2. The summed E-state index contributed by atoms with van der Waals surface area (Å²) in [7, 11) is 0. The van der Waals surface area contributed by atoms with E-state index >= 15 is 0 Å². The van der Waals surface area contributed by atoms with Gasteiger partial charge in [-0.05, 0) is 48.9 Å². The van der Waals surface area contributed by atoms with Crippen LogP contribution in [0.5, 0.6) is 5.75 Å². The first-order valence-electron chi connectivity index (χ1n) is 10.3. The van der Waals surface area contributed by atoms with Crippen molar-refractivity contribution in [3.8, 4) is 5.75 Å². The normalized spacial score (nSPS) is 14.0. The Labute approximate surface area is 193 Å². The molecule has 1 aliphatic heterocycles. The number of halogens is 2. The average Bonchev–Trinajstić information content (AvgIpc) is 2.73. The number of carbonyl (C=O) groups is 2. The number of rotatable bonds is 6. The van der Waals surface area contributed by atoms with E-state index in [1.807, 2.05) is 31.7 Å². The van der Waals surface area contributed by atoms with Gasteiger partial charge in [-0.15, -0.1) is 0 Å². The van der Waals surface area contributed by atoms with Gasteiger partial charge < -0.3 is 19.9 Å². The lowest BCUT2D eigenvalue weighted by Gasteiger charge is -2.37. The third-order valence-corrected chi connectivity index (χ3v) is 5.62. The molecule has 1 heterocycles. The molecular formula is C23H27Cl2N3O3. The van der Waals surface area contributed by atoms with E-state index in [4.69, 9.17) is 27.9 Å². The van der Waals surface area contributed by atoms with E-state index in [2.05, 4.69) is 10.2 Å². The molecule has 1 N–H and O–H groups in total. The highest BCUT2D eigenvalue weighted by Gasteiger charge is 2.24. The van der Waals surface area contributed by atoms with Gasteiger partial charge in [-0.3, -0.25) is 9.59 Å². The summed E-state index contributed by atoms with van der Waals surface area (Å²) in [5.74, 6) is 0.475. The van der Waals surface area contributed by atoms with Crippen LogP contribution >= 0.6 is 23.2 Å². The fraction of sp³-hybridized carbons (Fsp3) is 0.391. The van der Waals surface area contributed by atoms with E-state index in [-0.39, 0.29) is 24.3 Å². The minimum absolute atomic E-state index is 0.0128. The fourth-order valence-electron chi connectivity index (χ4n) is 3.52. The quantitative estimate of drug-likeness (QED) is 0.678. The van der Waals surface area contributed by atoms with Crippen LogP contribution in [0.25, 0.3) is 0 Å². The molecular weight excluding hydrogens is 437 g/mol. The maximum atomic E-state index is 12.5. The van der Waals surface area contributed by atoms with E-state index in [0.29, 0.717) is 47.7 Å². The molecule has 0 unspecified atom stereocenters. The van der Waals surface area contributed by atoms with E-state index in [1.54, 1.807) is 30.3 Å². The predicted octanol–water partition coefficient (Wildman–Crippen LogP) is 4.62. The molecule has 0 spiro atoms. The van der Waals surface area contributed by atoms with Crippen molar-refractivity contribution in [3.63, 3.8) is 0 Å². The second kappa shape index (κ2) is 10.2. The third kappa shape index (κ3) is 6.05. The first-order chi connectivity index (χ1) is 14.7. The Morgan fingerprint density at radius 3 is 2.32 bits per heavy atom. The summed E-state index contributed by atoms with van der Waals surface area (Å²) in [4.78, 5) is 28.8. The van der Waals surface area contributed by atoms with Crippen LogP contribution in [0.2, 0.25) is 10.0 Å². The number of nitrogens with one attached hydrogen (secondary N) is 1. The lowest BCUT2D eigenvalue weighted by molar-refractivity contribution is -0.134. The highest BCUT2D eigenvalue weighted by atomic mass is 35.5. The molecule has 8 heteroatoms. The van der Waals surface area contributed by atoms with Crippen molar-refractivity contribution in [2.75, 3.05) is 43.0 Å². The number of aryl methyl sites for hydroxylation is 1. The smallest absolute Gasteiger partial charge is 0.262 e. The van der Waals surface area contributed by atoms with Crippen molar-refractivity contribution in [3.05, 3.63) is 52.0 Å². The second-order valence-electron chi connectivity index (χ2n) is 7.88. The first-order valence-corrected chi connectivity index (χ1v) is 11.0. The molecule has 0 radical (unpaired) electrons. The Bertz CT molecular complexity index is 957. The summed E-state index contributed by atoms with van der Waals surface area (Å²) in [6.07, 6.45) is 0. The van der Waals surface area contributed by atoms with Crippen LogP contribution in [0, 0.1) is 12.8 Å². The van der Waals surface area contributed by atoms with Gasteiger partial charge in [0.05, 0.1) is 11.4 Å². The molecule has 1 fully saturated rings. The molecule has 0 atom stereocenters. The minimum atomic E-state index is -0.286. The van der Waals surface area contributed by atoms with E-state index < -0.39 is 0 Å². The Balaban J connectivity index is 1.65. The van der Waals surface area contributed by atoms with Crippen LogP contribution in [-0.4, -0.2) is 49.5 Å². The van der Waals surface area contributed by atoms with Crippen molar-refractivity contribution in [2.24, 2.45) is 5.92 Å². The van der Waals surface area contributed by atoms with Gasteiger partial charge in [0.15, 0.2) is 6.61 Å². The van der Waals surface area contributed by atoms with Gasteiger partial charge in [0, 0.05) is 42.1 Å². The third-order valence-electron chi connectivity index (χ3n) is 5.15. The maximum absolute atomic E-state index is 12.5. The standard InChI is InChI=1S/C23H27Cl2N3O3/c1-15(2)23(30)28-10-8-27(9-11-28)20-6-4-18(25)13-19(20)26-22(29)14-31-21-7-5-17(24)12-16(21)3/h4-7,12-13,15H,8-11,14H2,1-3H3,(H,26,29). The zero-order chi connectivity index (χ0) is 22.5. The second-order valence-corrected chi connectivity index (χ2v) is 8.75. The molecule has 0 bridgehead atoms. The van der Waals surface area contributed by atoms with E-state index in [9.17, 15) is 9.59 Å². The number of hydrogen-bond acceptors (Lipinski definition) is 4. The summed E-state index contributed by atoms with van der Waals surface area (Å²) in [5.41, 5.74) is 2.35. The number of amides is 2. The van der Waals surface area contributed by atoms with Crippen molar-refractivity contribution in [2.45, 2.75) is 20.8 Å². The Morgan fingerprint density at radius 2 is 1.68 bits per heavy atom. The van der Waals surface area contributed by atoms with E-state index in [0.717, 1.165) is 11.3 Å². The van der Waals surface area contributed by atoms with Crippen molar-refractivity contribution in [1.82, 2.24) is 4.90 Å². The summed E-state index contributed by atoms with van der Waals surface area (Å²) < 4.78 is 5.64. The van der Waals surface area contributed by atoms with E-state index in [1.165, 1.54) is 0 Å². The minimum Gasteiger partial charge on any atom is -0.483 e. The molecule has 1 saturated heterocycles. The average molecular weight is 464 g/mol. The largest absolute Gasteiger partial charge is 0.483 e. The summed E-state index contributed by atoms with van der Waals surface area (Å²) in [6.45, 7) is 8.22. The summed E-state index contributed by atoms with van der Waals surface area (Å²) in [5, 5.41) is 4.05. The molecule has 31 heavy (non-hydrogen) atoms. The van der Waals surface area contributed by atoms with Crippen molar-refractivity contribution >= 4 is 46.4 Å². The van der Waals surface area contributed by atoms with Crippen molar-refractivity contribution < 1.29 is 14.3 Å². The highest BCUT2D eigenvalue weighted by molar-refractivity contribution is 6.31. The van der Waals surface area contributed by atoms with Gasteiger partial charge in [0.25, 0.3) is 5.91 Å². The van der Waals surface area contributed by atoms with Gasteiger partial charge >= 0.3 is 0 Å². The Kier molecular flexibility index (Phi) is 7.68. The lowest BCUT2D eigenvalue weighted by atomic mass is 10.1. The maximum Gasteiger partial charge on any atom is 0.262 e. The monoisotopic (exact) mass is 463 g/mol. The fourth-order valence-corrected chi connectivity index (χ4v) is 3.92. The van der Waals surface area contributed by atoms with Crippen LogP contribution in [-0.2, 0) is 9.59 Å². The van der Waals surface area contributed by atoms with Crippen molar-refractivity contribution in [1.29, 1.82) is 0 Å². The zero-order valence-electron chi connectivity index (χ0n) is 18.0. The van der Waals surface area contributed by atoms with Crippen LogP contribution in [0.1, 0.15) is 19.4 Å². The molecule has 3 rings (SSSR count). The number of carbonyl (C=O) groups excluding carboxylic acids is 2. The number of anilines is 2. The molecule has 166 valence electrons. The van der Waals surface area contributed by atoms with Crippen LogP contribution in [0.15, 0.2) is 36.4 Å². The van der Waals surface area contributed by atoms with Crippen LogP contribution < -0.4 is 15.0 Å². The SMILES string of the molecule is Cc1cc(Cl)ccc1OCC(=O)Nc1cc(Cl)ccc1N1CCN(C(=O)C(C)C)CC1. The zero-order valence-corrected chi connectivity index (χ0v) is 19.5. The lowest BCUT2D eigenvalue weighted by Crippen LogP contribution is -2.50. The molecule has 0 saturated carbocycles. The molecule has 6 nitrogen and oxygen atoms in total. The van der Waals surface area contributed by atoms with Gasteiger partial charge in [-0.2, -0.15) is 0 Å². The van der Waals surface area contributed by atoms with Gasteiger partial charge in [0.2, 0.25) is 5.91 Å². The number of benzene rings is 2. The topological polar surface area (TPSA) is 61.9 Å². The molecule has 1 aliphatic rings. The van der Waals surface area contributed by atoms with Gasteiger partial charge in [-0.25, -0.2) is 0 Å². The number of nitrogens with zero attached hydrogens (tertiary/aromatic N) is 2. The number of ether oxygens (including phenoxy) is 1. The summed E-state index contributed by atoms with van der Waals surface area (Å²) >= 11 is 12.1.